The van der Waals surface area contributed by atoms with Gasteiger partial charge in [0.2, 0.25) is 0 Å². The summed E-state index contributed by atoms with van der Waals surface area (Å²) in [5, 5.41) is 9.30. The van der Waals surface area contributed by atoms with Crippen molar-refractivity contribution >= 4 is 17.7 Å². The molecule has 15 heavy (non-hydrogen) atoms. The maximum atomic E-state index is 10.9. The van der Waals surface area contributed by atoms with E-state index in [0.717, 1.165) is 11.8 Å². The normalized spacial score (nSPS) is 10.1. The predicted molar refractivity (Wildman–Crippen MR) is 51.8 cm³/mol. The molecule has 0 saturated heterocycles. The standard InChI is InChI=1S/C9H6N2O3S/c12-8(13)6-1-2-10-5-7(6)15-9-11-3-4-14-9/h1-5H,(H,12,13). The maximum Gasteiger partial charge on any atom is 0.336 e. The molecule has 2 rings (SSSR count). The van der Waals surface area contributed by atoms with Gasteiger partial charge in [0.25, 0.3) is 5.22 Å². The van der Waals surface area contributed by atoms with Gasteiger partial charge in [-0.3, -0.25) is 4.98 Å². The van der Waals surface area contributed by atoms with Crippen molar-refractivity contribution in [1.82, 2.24) is 9.97 Å². The number of aromatic nitrogens is 2. The second-order valence-corrected chi connectivity index (χ2v) is 3.57. The minimum absolute atomic E-state index is 0.188. The summed E-state index contributed by atoms with van der Waals surface area (Å²) in [4.78, 5) is 19.1. The van der Waals surface area contributed by atoms with E-state index in [0.29, 0.717) is 10.1 Å². The zero-order valence-corrected chi connectivity index (χ0v) is 8.27. The summed E-state index contributed by atoms with van der Waals surface area (Å²) < 4.78 is 5.00. The molecule has 0 aliphatic carbocycles. The van der Waals surface area contributed by atoms with Crippen molar-refractivity contribution in [3.8, 4) is 0 Å². The Labute approximate surface area is 89.2 Å². The van der Waals surface area contributed by atoms with Crippen molar-refractivity contribution in [2.24, 2.45) is 0 Å². The van der Waals surface area contributed by atoms with Gasteiger partial charge < -0.3 is 9.52 Å². The molecule has 0 aliphatic rings. The van der Waals surface area contributed by atoms with Gasteiger partial charge in [-0.1, -0.05) is 0 Å². The third-order valence-electron chi connectivity index (χ3n) is 1.62. The first-order valence-corrected chi connectivity index (χ1v) is 4.83. The molecule has 2 aromatic rings. The van der Waals surface area contributed by atoms with Gasteiger partial charge in [0, 0.05) is 17.3 Å². The molecule has 0 aliphatic heterocycles. The van der Waals surface area contributed by atoms with Crippen molar-refractivity contribution in [3.63, 3.8) is 0 Å². The first-order chi connectivity index (χ1) is 7.27. The Bertz CT molecular complexity index is 470. The number of aromatic carboxylic acids is 1. The largest absolute Gasteiger partial charge is 0.478 e. The maximum absolute atomic E-state index is 10.9. The van der Waals surface area contributed by atoms with Gasteiger partial charge in [-0.05, 0) is 17.8 Å². The molecule has 0 amide bonds. The van der Waals surface area contributed by atoms with E-state index in [1.807, 2.05) is 0 Å². The lowest BCUT2D eigenvalue weighted by molar-refractivity contribution is 0.0693. The van der Waals surface area contributed by atoms with Crippen molar-refractivity contribution in [2.45, 2.75) is 10.1 Å². The van der Waals surface area contributed by atoms with E-state index in [1.165, 1.54) is 30.9 Å². The van der Waals surface area contributed by atoms with Crippen LogP contribution in [0.25, 0.3) is 0 Å². The lowest BCUT2D eigenvalue weighted by atomic mass is 10.3. The molecular weight excluding hydrogens is 216 g/mol. The van der Waals surface area contributed by atoms with Gasteiger partial charge in [-0.15, -0.1) is 0 Å². The fourth-order valence-electron chi connectivity index (χ4n) is 0.993. The lowest BCUT2D eigenvalue weighted by Crippen LogP contribution is -1.98. The van der Waals surface area contributed by atoms with E-state index >= 15 is 0 Å². The molecule has 2 aromatic heterocycles. The SMILES string of the molecule is O=C(O)c1ccncc1Sc1ncco1. The molecule has 0 radical (unpaired) electrons. The van der Waals surface area contributed by atoms with Crippen LogP contribution in [0.15, 0.2) is 45.5 Å². The first kappa shape index (κ1) is 9.72. The molecule has 5 nitrogen and oxygen atoms in total. The highest BCUT2D eigenvalue weighted by molar-refractivity contribution is 7.99. The highest BCUT2D eigenvalue weighted by atomic mass is 32.2. The van der Waals surface area contributed by atoms with Gasteiger partial charge >= 0.3 is 5.97 Å². The van der Waals surface area contributed by atoms with Crippen LogP contribution in [-0.4, -0.2) is 21.0 Å². The number of rotatable bonds is 3. The second-order valence-electron chi connectivity index (χ2n) is 2.58. The van der Waals surface area contributed by atoms with Crippen LogP contribution in [-0.2, 0) is 0 Å². The molecule has 2 heterocycles. The van der Waals surface area contributed by atoms with E-state index in [1.54, 1.807) is 0 Å². The number of oxazole rings is 1. The molecule has 0 bridgehead atoms. The van der Waals surface area contributed by atoms with Crippen LogP contribution in [0.4, 0.5) is 0 Å². The van der Waals surface area contributed by atoms with Crippen molar-refractivity contribution in [2.75, 3.05) is 0 Å². The number of carboxylic acid groups (broad SMARTS) is 1. The zero-order valence-electron chi connectivity index (χ0n) is 7.45. The second kappa shape index (κ2) is 4.14. The van der Waals surface area contributed by atoms with Crippen LogP contribution in [0.1, 0.15) is 10.4 Å². The Hall–Kier alpha value is -1.82. The molecule has 0 atom stereocenters. The summed E-state index contributed by atoms with van der Waals surface area (Å²) >= 11 is 1.13. The Kier molecular flexibility index (Phi) is 2.68. The minimum Gasteiger partial charge on any atom is -0.478 e. The van der Waals surface area contributed by atoms with Gasteiger partial charge in [-0.2, -0.15) is 0 Å². The quantitative estimate of drug-likeness (QED) is 0.854. The van der Waals surface area contributed by atoms with Crippen LogP contribution >= 0.6 is 11.8 Å². The summed E-state index contributed by atoms with van der Waals surface area (Å²) in [6.07, 6.45) is 5.83. The van der Waals surface area contributed by atoms with Gasteiger partial charge in [-0.25, -0.2) is 9.78 Å². The first-order valence-electron chi connectivity index (χ1n) is 4.02. The fraction of sp³-hybridized carbons (Fsp3) is 0. The van der Waals surface area contributed by atoms with Crippen molar-refractivity contribution in [3.05, 3.63) is 36.5 Å². The van der Waals surface area contributed by atoms with Gasteiger partial charge in [0.1, 0.15) is 6.26 Å². The zero-order chi connectivity index (χ0) is 10.7. The lowest BCUT2D eigenvalue weighted by Gasteiger charge is -2.00. The Morgan fingerprint density at radius 3 is 3.00 bits per heavy atom. The summed E-state index contributed by atoms with van der Waals surface area (Å²) in [5.41, 5.74) is 0.188. The van der Waals surface area contributed by atoms with E-state index in [-0.39, 0.29) is 5.56 Å². The molecule has 0 spiro atoms. The Balaban J connectivity index is 2.32. The molecule has 6 heteroatoms. The van der Waals surface area contributed by atoms with Gasteiger partial charge in [0.15, 0.2) is 0 Å². The van der Waals surface area contributed by atoms with Crippen LogP contribution in [0.2, 0.25) is 0 Å². The highest BCUT2D eigenvalue weighted by Crippen LogP contribution is 2.28. The molecule has 0 unspecified atom stereocenters. The van der Waals surface area contributed by atoms with Crippen LogP contribution in [0, 0.1) is 0 Å². The number of hydrogen-bond donors (Lipinski definition) is 1. The average Bonchev–Trinajstić information content (AvgIpc) is 2.71. The molecule has 0 aromatic carbocycles. The average molecular weight is 222 g/mol. The third-order valence-corrected chi connectivity index (χ3v) is 2.54. The summed E-state index contributed by atoms with van der Waals surface area (Å²) in [6.45, 7) is 0. The topological polar surface area (TPSA) is 76.2 Å². The minimum atomic E-state index is -0.994. The monoisotopic (exact) mass is 222 g/mol. The fourth-order valence-corrected chi connectivity index (χ4v) is 1.78. The Morgan fingerprint density at radius 1 is 1.47 bits per heavy atom. The number of pyridine rings is 1. The van der Waals surface area contributed by atoms with E-state index in [4.69, 9.17) is 9.52 Å². The Morgan fingerprint density at radius 2 is 2.33 bits per heavy atom. The molecule has 0 fully saturated rings. The van der Waals surface area contributed by atoms with E-state index in [9.17, 15) is 4.79 Å². The third kappa shape index (κ3) is 2.16. The number of carboxylic acids is 1. The van der Waals surface area contributed by atoms with Crippen molar-refractivity contribution < 1.29 is 14.3 Å². The van der Waals surface area contributed by atoms with Crippen molar-refractivity contribution in [1.29, 1.82) is 0 Å². The molecule has 1 N–H and O–H groups in total. The van der Waals surface area contributed by atoms with Crippen LogP contribution in [0.5, 0.6) is 0 Å². The molecule has 76 valence electrons. The van der Waals surface area contributed by atoms with E-state index in [2.05, 4.69) is 9.97 Å². The van der Waals surface area contributed by atoms with Gasteiger partial charge in [0.05, 0.1) is 11.8 Å². The van der Waals surface area contributed by atoms with Crippen LogP contribution in [0.3, 0.4) is 0 Å². The summed E-state index contributed by atoms with van der Waals surface area (Å²) in [7, 11) is 0. The van der Waals surface area contributed by atoms with E-state index < -0.39 is 5.97 Å². The molecular formula is C9H6N2O3S. The predicted octanol–water partition coefficient (Wildman–Crippen LogP) is 1.92. The summed E-state index contributed by atoms with van der Waals surface area (Å²) in [6, 6.07) is 1.44. The van der Waals surface area contributed by atoms with Crippen LogP contribution < -0.4 is 0 Å². The highest BCUT2D eigenvalue weighted by Gasteiger charge is 2.12. The smallest absolute Gasteiger partial charge is 0.336 e. The number of hydrogen-bond acceptors (Lipinski definition) is 5. The number of nitrogens with zero attached hydrogens (tertiary/aromatic N) is 2. The number of carbonyl (C=O) groups is 1. The molecule has 0 saturated carbocycles. The summed E-state index contributed by atoms with van der Waals surface area (Å²) in [5.74, 6) is -0.994.